The van der Waals surface area contributed by atoms with Crippen molar-refractivity contribution >= 4 is 51.9 Å². The van der Waals surface area contributed by atoms with Gasteiger partial charge in [-0.3, -0.25) is 9.59 Å². The van der Waals surface area contributed by atoms with Gasteiger partial charge in [0.25, 0.3) is 11.8 Å². The zero-order valence-electron chi connectivity index (χ0n) is 17.3. The summed E-state index contributed by atoms with van der Waals surface area (Å²) in [5.74, 6) is -0.244. The van der Waals surface area contributed by atoms with Gasteiger partial charge in [0, 0.05) is 9.26 Å². The summed E-state index contributed by atoms with van der Waals surface area (Å²) in [6.07, 6.45) is 1.50. The molecule has 3 aromatic rings. The summed E-state index contributed by atoms with van der Waals surface area (Å²) in [6.45, 7) is 1.79. The van der Waals surface area contributed by atoms with Crippen molar-refractivity contribution in [2.24, 2.45) is 0 Å². The molecule has 0 unspecified atom stereocenters. The fourth-order valence-electron chi connectivity index (χ4n) is 2.79. The predicted octanol–water partition coefficient (Wildman–Crippen LogP) is 5.16. The number of hydrogen-bond donors (Lipinski definition) is 2. The minimum Gasteiger partial charge on any atom is -0.484 e. The van der Waals surface area contributed by atoms with Crippen molar-refractivity contribution in [3.05, 3.63) is 93.1 Å². The van der Waals surface area contributed by atoms with Crippen molar-refractivity contribution < 1.29 is 14.3 Å². The molecule has 0 saturated carbocycles. The molecule has 0 atom stereocenters. The standard InChI is InChI=1S/C25H20IN3O3/c1-17-5-4-6-20(13-17)28-25(31)19(15-27)14-18-9-11-21(12-10-18)32-16-24(30)29-23-8-3-2-7-22(23)26/h2-14H,16H2,1H3,(H,28,31)(H,29,30)/b19-14+. The smallest absolute Gasteiger partial charge is 0.266 e. The quantitative estimate of drug-likeness (QED) is 0.248. The number of carbonyl (C=O) groups is 2. The Morgan fingerprint density at radius 1 is 1.03 bits per heavy atom. The third kappa shape index (κ3) is 6.68. The lowest BCUT2D eigenvalue weighted by atomic mass is 10.1. The first-order valence-corrected chi connectivity index (χ1v) is 10.8. The summed E-state index contributed by atoms with van der Waals surface area (Å²) in [6, 6.07) is 23.5. The highest BCUT2D eigenvalue weighted by atomic mass is 127. The zero-order valence-corrected chi connectivity index (χ0v) is 19.4. The van der Waals surface area contributed by atoms with E-state index in [-0.39, 0.29) is 18.1 Å². The molecule has 2 N–H and O–H groups in total. The number of hydrogen-bond acceptors (Lipinski definition) is 4. The second-order valence-electron chi connectivity index (χ2n) is 6.88. The molecule has 6 nitrogen and oxygen atoms in total. The molecule has 7 heteroatoms. The lowest BCUT2D eigenvalue weighted by Crippen LogP contribution is -2.20. The van der Waals surface area contributed by atoms with Gasteiger partial charge in [-0.15, -0.1) is 0 Å². The summed E-state index contributed by atoms with van der Waals surface area (Å²) >= 11 is 2.15. The first kappa shape index (κ1) is 23.0. The SMILES string of the molecule is Cc1cccc(NC(=O)/C(C#N)=C/c2ccc(OCC(=O)Nc3ccccc3I)cc2)c1. The van der Waals surface area contributed by atoms with Crippen molar-refractivity contribution in [3.63, 3.8) is 0 Å². The van der Waals surface area contributed by atoms with Crippen LogP contribution in [0.1, 0.15) is 11.1 Å². The second-order valence-corrected chi connectivity index (χ2v) is 8.04. The predicted molar refractivity (Wildman–Crippen MR) is 133 cm³/mol. The summed E-state index contributed by atoms with van der Waals surface area (Å²) in [5.41, 5.74) is 3.01. The van der Waals surface area contributed by atoms with Crippen LogP contribution in [-0.2, 0) is 9.59 Å². The number of rotatable bonds is 7. The van der Waals surface area contributed by atoms with Crippen LogP contribution in [0.5, 0.6) is 5.75 Å². The van der Waals surface area contributed by atoms with Crippen LogP contribution in [0.4, 0.5) is 11.4 Å². The van der Waals surface area contributed by atoms with Crippen LogP contribution in [0.25, 0.3) is 6.08 Å². The van der Waals surface area contributed by atoms with E-state index in [2.05, 4.69) is 33.2 Å². The number of carbonyl (C=O) groups excluding carboxylic acids is 2. The van der Waals surface area contributed by atoms with Crippen LogP contribution in [0.2, 0.25) is 0 Å². The van der Waals surface area contributed by atoms with Gasteiger partial charge in [0.05, 0.1) is 5.69 Å². The lowest BCUT2D eigenvalue weighted by molar-refractivity contribution is -0.118. The average Bonchev–Trinajstić information content (AvgIpc) is 2.78. The second kappa shape index (κ2) is 11.1. The number of nitrogens with zero attached hydrogens (tertiary/aromatic N) is 1. The first-order chi connectivity index (χ1) is 15.4. The molecule has 0 saturated heterocycles. The number of anilines is 2. The summed E-state index contributed by atoms with van der Waals surface area (Å²) in [5, 5.41) is 14.9. The zero-order chi connectivity index (χ0) is 22.9. The highest BCUT2D eigenvalue weighted by Gasteiger charge is 2.10. The number of halogens is 1. The molecule has 0 spiro atoms. The topological polar surface area (TPSA) is 91.2 Å². The van der Waals surface area contributed by atoms with Gasteiger partial charge in [0.2, 0.25) is 0 Å². The third-order valence-electron chi connectivity index (χ3n) is 4.35. The Balaban J connectivity index is 1.58. The molecule has 0 fully saturated rings. The van der Waals surface area contributed by atoms with E-state index in [0.29, 0.717) is 17.0 Å². The third-order valence-corrected chi connectivity index (χ3v) is 5.29. The number of aryl methyl sites for hydroxylation is 1. The van der Waals surface area contributed by atoms with Crippen LogP contribution < -0.4 is 15.4 Å². The number of nitrogens with one attached hydrogen (secondary N) is 2. The number of ether oxygens (including phenoxy) is 1. The first-order valence-electron chi connectivity index (χ1n) is 9.71. The Hall–Kier alpha value is -3.64. The van der Waals surface area contributed by atoms with Crippen molar-refractivity contribution in [1.82, 2.24) is 0 Å². The Labute approximate surface area is 200 Å². The average molecular weight is 537 g/mol. The van der Waals surface area contributed by atoms with Crippen LogP contribution >= 0.6 is 22.6 Å². The van der Waals surface area contributed by atoms with E-state index < -0.39 is 5.91 Å². The van der Waals surface area contributed by atoms with Gasteiger partial charge >= 0.3 is 0 Å². The molecule has 0 aliphatic carbocycles. The maximum absolute atomic E-state index is 12.4. The molecule has 0 aliphatic heterocycles. The molecule has 0 aromatic heterocycles. The maximum Gasteiger partial charge on any atom is 0.266 e. The Morgan fingerprint density at radius 2 is 1.78 bits per heavy atom. The van der Waals surface area contributed by atoms with Crippen LogP contribution in [-0.4, -0.2) is 18.4 Å². The molecule has 3 rings (SSSR count). The van der Waals surface area contributed by atoms with Gasteiger partial charge < -0.3 is 15.4 Å². The molecule has 0 bridgehead atoms. The molecule has 2 amide bonds. The van der Waals surface area contributed by atoms with Crippen LogP contribution in [0, 0.1) is 21.8 Å². The van der Waals surface area contributed by atoms with Crippen molar-refractivity contribution in [1.29, 1.82) is 5.26 Å². The van der Waals surface area contributed by atoms with E-state index in [1.54, 1.807) is 30.3 Å². The Morgan fingerprint density at radius 3 is 2.47 bits per heavy atom. The Bertz CT molecular complexity index is 1200. The normalized spacial score (nSPS) is 10.7. The van der Waals surface area contributed by atoms with Crippen molar-refractivity contribution in [2.75, 3.05) is 17.2 Å². The fourth-order valence-corrected chi connectivity index (χ4v) is 3.32. The summed E-state index contributed by atoms with van der Waals surface area (Å²) in [4.78, 5) is 24.5. The van der Waals surface area contributed by atoms with Crippen molar-refractivity contribution in [3.8, 4) is 11.8 Å². The van der Waals surface area contributed by atoms with Gasteiger partial charge in [-0.25, -0.2) is 0 Å². The molecular formula is C25H20IN3O3. The summed E-state index contributed by atoms with van der Waals surface area (Å²) < 4.78 is 6.46. The largest absolute Gasteiger partial charge is 0.484 e. The van der Waals surface area contributed by atoms with E-state index in [4.69, 9.17) is 4.74 Å². The van der Waals surface area contributed by atoms with Crippen molar-refractivity contribution in [2.45, 2.75) is 6.92 Å². The fraction of sp³-hybridized carbons (Fsp3) is 0.0800. The van der Waals surface area contributed by atoms with Gasteiger partial charge in [-0.05, 0) is 83.1 Å². The number of benzene rings is 3. The Kier molecular flexibility index (Phi) is 8.00. The van der Waals surface area contributed by atoms with Gasteiger partial charge in [-0.2, -0.15) is 5.26 Å². The van der Waals surface area contributed by atoms with Gasteiger partial charge in [0.15, 0.2) is 6.61 Å². The minimum atomic E-state index is -0.481. The number of para-hydroxylation sites is 1. The van der Waals surface area contributed by atoms with E-state index in [0.717, 1.165) is 14.8 Å². The highest BCUT2D eigenvalue weighted by Crippen LogP contribution is 2.18. The van der Waals surface area contributed by atoms with Crippen LogP contribution in [0.3, 0.4) is 0 Å². The minimum absolute atomic E-state index is 0.0167. The molecule has 0 heterocycles. The molecular weight excluding hydrogens is 517 g/mol. The molecule has 0 radical (unpaired) electrons. The van der Waals surface area contributed by atoms with Crippen LogP contribution in [0.15, 0.2) is 78.4 Å². The van der Waals surface area contributed by atoms with Gasteiger partial charge in [0.1, 0.15) is 17.4 Å². The van der Waals surface area contributed by atoms with E-state index in [1.807, 2.05) is 55.5 Å². The maximum atomic E-state index is 12.4. The number of nitriles is 1. The molecule has 32 heavy (non-hydrogen) atoms. The van der Waals surface area contributed by atoms with E-state index in [9.17, 15) is 14.9 Å². The molecule has 3 aromatic carbocycles. The van der Waals surface area contributed by atoms with E-state index in [1.165, 1.54) is 6.08 Å². The lowest BCUT2D eigenvalue weighted by Gasteiger charge is -2.09. The number of amides is 2. The van der Waals surface area contributed by atoms with Gasteiger partial charge in [-0.1, -0.05) is 36.4 Å². The van der Waals surface area contributed by atoms with E-state index >= 15 is 0 Å². The molecule has 0 aliphatic rings. The molecule has 160 valence electrons. The monoisotopic (exact) mass is 537 g/mol. The highest BCUT2D eigenvalue weighted by molar-refractivity contribution is 14.1. The summed E-state index contributed by atoms with van der Waals surface area (Å²) in [7, 11) is 0.